The zero-order valence-corrected chi connectivity index (χ0v) is 13.5. The summed E-state index contributed by atoms with van der Waals surface area (Å²) in [6.07, 6.45) is 0.0848. The highest BCUT2D eigenvalue weighted by atomic mass is 32.2. The minimum atomic E-state index is -3.56. The van der Waals surface area contributed by atoms with E-state index < -0.39 is 10.0 Å². The van der Waals surface area contributed by atoms with Gasteiger partial charge in [-0.2, -0.15) is 9.40 Å². The van der Waals surface area contributed by atoms with Crippen molar-refractivity contribution in [2.75, 3.05) is 27.2 Å². The SMILES string of the molecule is CNCc1n[nH]c(C)c1S(=O)(=O)N(C)CCOC(C)C. The van der Waals surface area contributed by atoms with Gasteiger partial charge in [-0.1, -0.05) is 0 Å². The van der Waals surface area contributed by atoms with Crippen LogP contribution in [-0.2, 0) is 21.3 Å². The molecule has 0 radical (unpaired) electrons. The van der Waals surface area contributed by atoms with E-state index in [0.717, 1.165) is 0 Å². The van der Waals surface area contributed by atoms with Gasteiger partial charge in [0.2, 0.25) is 10.0 Å². The monoisotopic (exact) mass is 304 g/mol. The van der Waals surface area contributed by atoms with Crippen LogP contribution in [0, 0.1) is 6.92 Å². The number of H-pyrrole nitrogens is 1. The summed E-state index contributed by atoms with van der Waals surface area (Å²) >= 11 is 0. The topological polar surface area (TPSA) is 87.3 Å². The standard InChI is InChI=1S/C12H24N4O3S/c1-9(2)19-7-6-16(5)20(17,18)12-10(3)14-15-11(12)8-13-4/h9,13H,6-8H2,1-5H3,(H,14,15). The number of hydrogen-bond acceptors (Lipinski definition) is 5. The van der Waals surface area contributed by atoms with Crippen LogP contribution >= 0.6 is 0 Å². The van der Waals surface area contributed by atoms with Gasteiger partial charge in [0.05, 0.1) is 24.1 Å². The highest BCUT2D eigenvalue weighted by Gasteiger charge is 2.28. The first-order valence-electron chi connectivity index (χ1n) is 6.57. The van der Waals surface area contributed by atoms with Crippen molar-refractivity contribution in [3.8, 4) is 0 Å². The first-order valence-corrected chi connectivity index (χ1v) is 8.01. The van der Waals surface area contributed by atoms with E-state index in [9.17, 15) is 8.42 Å². The molecular formula is C12H24N4O3S. The summed E-state index contributed by atoms with van der Waals surface area (Å²) in [7, 11) is -0.257. The van der Waals surface area contributed by atoms with Gasteiger partial charge in [-0.25, -0.2) is 8.42 Å². The van der Waals surface area contributed by atoms with Crippen molar-refractivity contribution in [3.05, 3.63) is 11.4 Å². The third kappa shape index (κ3) is 4.02. The largest absolute Gasteiger partial charge is 0.377 e. The molecule has 8 heteroatoms. The summed E-state index contributed by atoms with van der Waals surface area (Å²) in [5.74, 6) is 0. The second-order valence-corrected chi connectivity index (χ2v) is 6.88. The highest BCUT2D eigenvalue weighted by molar-refractivity contribution is 7.89. The molecule has 0 atom stereocenters. The molecule has 0 aromatic carbocycles. The van der Waals surface area contributed by atoms with Crippen LogP contribution in [0.4, 0.5) is 0 Å². The second kappa shape index (κ2) is 7.16. The molecule has 0 saturated carbocycles. The Labute approximate surface area is 120 Å². The van der Waals surface area contributed by atoms with Gasteiger partial charge in [0, 0.05) is 20.1 Å². The van der Waals surface area contributed by atoms with Gasteiger partial charge < -0.3 is 10.1 Å². The Balaban J connectivity index is 2.90. The summed E-state index contributed by atoms with van der Waals surface area (Å²) in [5.41, 5.74) is 1.05. The van der Waals surface area contributed by atoms with E-state index in [-0.39, 0.29) is 11.0 Å². The molecule has 1 aromatic rings. The normalized spacial score (nSPS) is 12.6. The Hall–Kier alpha value is -0.960. The molecule has 0 aliphatic heterocycles. The minimum absolute atomic E-state index is 0.0848. The lowest BCUT2D eigenvalue weighted by Crippen LogP contribution is -2.32. The van der Waals surface area contributed by atoms with Crippen LogP contribution in [0.5, 0.6) is 0 Å². The van der Waals surface area contributed by atoms with Gasteiger partial charge in [-0.3, -0.25) is 5.10 Å². The Kier molecular flexibility index (Phi) is 6.12. The van der Waals surface area contributed by atoms with E-state index in [2.05, 4.69) is 15.5 Å². The summed E-state index contributed by atoms with van der Waals surface area (Å²) in [6, 6.07) is 0. The van der Waals surface area contributed by atoms with Gasteiger partial charge in [-0.15, -0.1) is 0 Å². The first kappa shape index (κ1) is 17.1. The lowest BCUT2D eigenvalue weighted by Gasteiger charge is -2.18. The number of aryl methyl sites for hydroxylation is 1. The zero-order valence-electron chi connectivity index (χ0n) is 12.7. The Morgan fingerprint density at radius 2 is 2.10 bits per heavy atom. The molecule has 0 aliphatic rings. The molecule has 116 valence electrons. The van der Waals surface area contributed by atoms with E-state index in [1.165, 1.54) is 4.31 Å². The van der Waals surface area contributed by atoms with Crippen LogP contribution in [0.1, 0.15) is 25.2 Å². The molecule has 2 N–H and O–H groups in total. The average Bonchev–Trinajstić information content (AvgIpc) is 2.71. The molecule has 20 heavy (non-hydrogen) atoms. The molecule has 1 rings (SSSR count). The summed E-state index contributed by atoms with van der Waals surface area (Å²) in [5, 5.41) is 9.69. The van der Waals surface area contributed by atoms with Crippen molar-refractivity contribution in [2.45, 2.75) is 38.3 Å². The Bertz CT molecular complexity index is 525. The van der Waals surface area contributed by atoms with Gasteiger partial charge in [0.15, 0.2) is 0 Å². The Morgan fingerprint density at radius 1 is 1.45 bits per heavy atom. The fourth-order valence-electron chi connectivity index (χ4n) is 1.79. The van der Waals surface area contributed by atoms with Crippen LogP contribution in [-0.4, -0.2) is 56.3 Å². The molecular weight excluding hydrogens is 280 g/mol. The lowest BCUT2D eigenvalue weighted by atomic mass is 10.4. The fraction of sp³-hybridized carbons (Fsp3) is 0.750. The number of likely N-dealkylation sites (N-methyl/N-ethyl adjacent to an activating group) is 1. The van der Waals surface area contributed by atoms with Crippen molar-refractivity contribution in [2.24, 2.45) is 0 Å². The molecule has 0 fully saturated rings. The van der Waals surface area contributed by atoms with E-state index in [4.69, 9.17) is 4.74 Å². The maximum atomic E-state index is 12.6. The molecule has 0 aliphatic carbocycles. The van der Waals surface area contributed by atoms with Crippen molar-refractivity contribution >= 4 is 10.0 Å². The number of hydrogen-bond donors (Lipinski definition) is 2. The second-order valence-electron chi connectivity index (χ2n) is 4.90. The smallest absolute Gasteiger partial charge is 0.246 e. The van der Waals surface area contributed by atoms with E-state index in [0.29, 0.717) is 31.1 Å². The van der Waals surface area contributed by atoms with E-state index in [1.807, 2.05) is 13.8 Å². The molecule has 0 bridgehead atoms. The lowest BCUT2D eigenvalue weighted by molar-refractivity contribution is 0.0737. The van der Waals surface area contributed by atoms with E-state index in [1.54, 1.807) is 21.0 Å². The van der Waals surface area contributed by atoms with Crippen LogP contribution < -0.4 is 5.32 Å². The van der Waals surface area contributed by atoms with Crippen molar-refractivity contribution in [3.63, 3.8) is 0 Å². The number of rotatable bonds is 8. The average molecular weight is 304 g/mol. The number of aromatic amines is 1. The minimum Gasteiger partial charge on any atom is -0.377 e. The fourth-order valence-corrected chi connectivity index (χ4v) is 3.27. The van der Waals surface area contributed by atoms with Crippen LogP contribution in [0.3, 0.4) is 0 Å². The highest BCUT2D eigenvalue weighted by Crippen LogP contribution is 2.21. The van der Waals surface area contributed by atoms with Crippen molar-refractivity contribution < 1.29 is 13.2 Å². The van der Waals surface area contributed by atoms with Gasteiger partial charge in [-0.05, 0) is 27.8 Å². The first-order chi connectivity index (χ1) is 9.30. The molecule has 0 unspecified atom stereocenters. The zero-order chi connectivity index (χ0) is 15.3. The van der Waals surface area contributed by atoms with Crippen LogP contribution in [0.25, 0.3) is 0 Å². The number of aromatic nitrogens is 2. The van der Waals surface area contributed by atoms with Gasteiger partial charge in [0.25, 0.3) is 0 Å². The number of sulfonamides is 1. The van der Waals surface area contributed by atoms with Gasteiger partial charge in [0.1, 0.15) is 4.90 Å². The molecule has 0 saturated heterocycles. The molecule has 7 nitrogen and oxygen atoms in total. The molecule has 0 amide bonds. The summed E-state index contributed by atoms with van der Waals surface area (Å²) < 4.78 is 31.8. The summed E-state index contributed by atoms with van der Waals surface area (Å²) in [6.45, 7) is 6.61. The molecule has 0 spiro atoms. The molecule has 1 aromatic heterocycles. The number of nitrogens with one attached hydrogen (secondary N) is 2. The van der Waals surface area contributed by atoms with Crippen LogP contribution in [0.15, 0.2) is 4.90 Å². The third-order valence-corrected chi connectivity index (χ3v) is 4.89. The number of ether oxygens (including phenoxy) is 1. The van der Waals surface area contributed by atoms with Gasteiger partial charge >= 0.3 is 0 Å². The summed E-state index contributed by atoms with van der Waals surface area (Å²) in [4.78, 5) is 0.249. The van der Waals surface area contributed by atoms with Crippen LogP contribution in [0.2, 0.25) is 0 Å². The molecule has 1 heterocycles. The maximum absolute atomic E-state index is 12.6. The number of nitrogens with zero attached hydrogens (tertiary/aromatic N) is 2. The van der Waals surface area contributed by atoms with E-state index >= 15 is 0 Å². The Morgan fingerprint density at radius 3 is 2.65 bits per heavy atom. The third-order valence-electron chi connectivity index (χ3n) is 2.83. The van der Waals surface area contributed by atoms with Crippen molar-refractivity contribution in [1.82, 2.24) is 19.8 Å². The predicted molar refractivity (Wildman–Crippen MR) is 77.0 cm³/mol. The quantitative estimate of drug-likeness (QED) is 0.729. The predicted octanol–water partition coefficient (Wildman–Crippen LogP) is 0.483. The maximum Gasteiger partial charge on any atom is 0.246 e. The van der Waals surface area contributed by atoms with Crippen molar-refractivity contribution in [1.29, 1.82) is 0 Å².